The van der Waals surface area contributed by atoms with Crippen LogP contribution in [0.25, 0.3) is 0 Å². The largest absolute Gasteiger partial charge is 0.383 e. The van der Waals surface area contributed by atoms with Crippen molar-refractivity contribution < 1.29 is 4.79 Å². The summed E-state index contributed by atoms with van der Waals surface area (Å²) in [6, 6.07) is 11.2. The van der Waals surface area contributed by atoms with Crippen molar-refractivity contribution >= 4 is 23.5 Å². The van der Waals surface area contributed by atoms with Crippen molar-refractivity contribution in [3.63, 3.8) is 0 Å². The van der Waals surface area contributed by atoms with Gasteiger partial charge in [-0.1, -0.05) is 64.3 Å². The number of hydrogen-bond donors (Lipinski definition) is 4. The number of nitrogen functional groups attached to an aromatic ring is 1. The summed E-state index contributed by atoms with van der Waals surface area (Å²) in [6.45, 7) is 12.3. The maximum atomic E-state index is 12.6. The van der Waals surface area contributed by atoms with Crippen LogP contribution in [0.3, 0.4) is 0 Å². The Hall–Kier alpha value is -2.91. The number of nitrogens with zero attached hydrogens (tertiary/aromatic N) is 4. The number of aromatic nitrogens is 2. The molecule has 39 heavy (non-hydrogen) atoms. The van der Waals surface area contributed by atoms with Crippen LogP contribution in [0.4, 0.5) is 17.6 Å². The third kappa shape index (κ3) is 9.07. The molecule has 0 atom stereocenters. The molecule has 2 fully saturated rings. The van der Waals surface area contributed by atoms with E-state index in [0.29, 0.717) is 31.4 Å². The van der Waals surface area contributed by atoms with E-state index in [1.54, 1.807) is 6.07 Å². The first-order valence-corrected chi connectivity index (χ1v) is 14.7. The van der Waals surface area contributed by atoms with Crippen LogP contribution in [-0.4, -0.2) is 66.1 Å². The lowest BCUT2D eigenvalue weighted by atomic mass is 9.94. The van der Waals surface area contributed by atoms with Gasteiger partial charge in [0, 0.05) is 56.8 Å². The van der Waals surface area contributed by atoms with Crippen molar-refractivity contribution in [2.24, 2.45) is 5.41 Å². The molecule has 2 heterocycles. The highest BCUT2D eigenvalue weighted by atomic mass is 16.2. The van der Waals surface area contributed by atoms with Gasteiger partial charge in [0.15, 0.2) is 0 Å². The van der Waals surface area contributed by atoms with E-state index in [9.17, 15) is 4.79 Å². The third-order valence-corrected chi connectivity index (χ3v) is 7.64. The second kappa shape index (κ2) is 13.9. The lowest BCUT2D eigenvalue weighted by Crippen LogP contribution is -2.51. The minimum absolute atomic E-state index is 0.190. The average molecular weight is 537 g/mol. The summed E-state index contributed by atoms with van der Waals surface area (Å²) in [5, 5.41) is 10.6. The Morgan fingerprint density at radius 1 is 0.949 bits per heavy atom. The summed E-state index contributed by atoms with van der Waals surface area (Å²) < 4.78 is 0. The quantitative estimate of drug-likeness (QED) is 0.321. The Kier molecular flexibility index (Phi) is 10.4. The van der Waals surface area contributed by atoms with Crippen LogP contribution in [0.15, 0.2) is 30.3 Å². The minimum Gasteiger partial charge on any atom is -0.383 e. The first-order valence-electron chi connectivity index (χ1n) is 14.7. The number of amides is 1. The summed E-state index contributed by atoms with van der Waals surface area (Å²) in [5.41, 5.74) is 8.19. The number of benzene rings is 1. The lowest BCUT2D eigenvalue weighted by molar-refractivity contribution is -0.139. The van der Waals surface area contributed by atoms with Gasteiger partial charge in [0.1, 0.15) is 11.6 Å². The normalized spacial score (nSPS) is 16.9. The molecule has 1 aromatic carbocycles. The van der Waals surface area contributed by atoms with E-state index in [1.165, 1.54) is 37.7 Å². The molecular weight excluding hydrogens is 488 g/mol. The number of anilines is 3. The highest BCUT2D eigenvalue weighted by molar-refractivity contribution is 5.81. The molecule has 9 heteroatoms. The molecule has 1 aliphatic heterocycles. The highest BCUT2D eigenvalue weighted by Gasteiger charge is 2.30. The Bertz CT molecular complexity index is 1040. The van der Waals surface area contributed by atoms with Crippen LogP contribution in [0.2, 0.25) is 0 Å². The Morgan fingerprint density at radius 2 is 1.62 bits per heavy atom. The fourth-order valence-electron chi connectivity index (χ4n) is 5.32. The van der Waals surface area contributed by atoms with Crippen molar-refractivity contribution in [1.29, 1.82) is 0 Å². The molecule has 5 N–H and O–H groups in total. The van der Waals surface area contributed by atoms with E-state index >= 15 is 0 Å². The average Bonchev–Trinajstić information content (AvgIpc) is 2.94. The lowest BCUT2D eigenvalue weighted by Gasteiger charge is -2.38. The van der Waals surface area contributed by atoms with E-state index in [4.69, 9.17) is 10.7 Å². The van der Waals surface area contributed by atoms with Gasteiger partial charge < -0.3 is 31.5 Å². The molecular formula is C30H48N8O. The maximum Gasteiger partial charge on any atom is 0.228 e. The molecule has 0 spiro atoms. The second-order valence-corrected chi connectivity index (χ2v) is 12.0. The zero-order chi connectivity index (χ0) is 27.7. The van der Waals surface area contributed by atoms with Gasteiger partial charge in [-0.25, -0.2) is 0 Å². The number of nitrogens with two attached hydrogens (primary N) is 1. The van der Waals surface area contributed by atoms with Crippen molar-refractivity contribution in [3.8, 4) is 0 Å². The van der Waals surface area contributed by atoms with E-state index < -0.39 is 0 Å². The molecule has 9 nitrogen and oxygen atoms in total. The molecule has 2 aliphatic rings. The van der Waals surface area contributed by atoms with Gasteiger partial charge >= 0.3 is 0 Å². The Balaban J connectivity index is 1.18. The fraction of sp³-hybridized carbons (Fsp3) is 0.633. The van der Waals surface area contributed by atoms with Gasteiger partial charge in [-0.2, -0.15) is 9.97 Å². The fourth-order valence-corrected chi connectivity index (χ4v) is 5.32. The van der Waals surface area contributed by atoms with E-state index in [1.807, 2.05) is 25.7 Å². The van der Waals surface area contributed by atoms with Crippen molar-refractivity contribution in [1.82, 2.24) is 25.5 Å². The maximum absolute atomic E-state index is 12.6. The summed E-state index contributed by atoms with van der Waals surface area (Å²) in [4.78, 5) is 25.8. The monoisotopic (exact) mass is 536 g/mol. The summed E-state index contributed by atoms with van der Waals surface area (Å²) in [6.07, 6.45) is 8.02. The predicted octanol–water partition coefficient (Wildman–Crippen LogP) is 3.77. The van der Waals surface area contributed by atoms with Gasteiger partial charge in [0.25, 0.3) is 0 Å². The molecule has 0 unspecified atom stereocenters. The molecule has 1 saturated heterocycles. The molecule has 4 rings (SSSR count). The van der Waals surface area contributed by atoms with E-state index in [0.717, 1.165) is 56.6 Å². The summed E-state index contributed by atoms with van der Waals surface area (Å²) >= 11 is 0. The van der Waals surface area contributed by atoms with Gasteiger partial charge in [0.2, 0.25) is 11.9 Å². The first-order chi connectivity index (χ1) is 18.8. The van der Waals surface area contributed by atoms with Gasteiger partial charge in [-0.15, -0.1) is 0 Å². The van der Waals surface area contributed by atoms with Crippen LogP contribution in [0, 0.1) is 5.41 Å². The standard InChI is InChI=1S/C30H48N8O/c1-30(2,3)28(39)38-18-16-37(17-19-38)27-20-26(31)35-29(36-27)34-22-24-12-10-23(11-13-24)21-32-14-7-15-33-25-8-5-4-6-9-25/h10-13,20,25,32-33H,4-9,14-19,21-22H2,1-3H3,(H3,31,34,35,36). The molecule has 2 aromatic rings. The van der Waals surface area contributed by atoms with Gasteiger partial charge in [-0.3, -0.25) is 4.79 Å². The molecule has 214 valence electrons. The Labute approximate surface area is 234 Å². The van der Waals surface area contributed by atoms with Crippen LogP contribution in [-0.2, 0) is 17.9 Å². The minimum atomic E-state index is -0.362. The number of piperazine rings is 1. The highest BCUT2D eigenvalue weighted by Crippen LogP contribution is 2.22. The van der Waals surface area contributed by atoms with Crippen molar-refractivity contribution in [2.75, 3.05) is 55.2 Å². The van der Waals surface area contributed by atoms with Gasteiger partial charge in [-0.05, 0) is 43.5 Å². The number of carbonyl (C=O) groups excluding carboxylic acids is 1. The molecule has 1 amide bonds. The topological polar surface area (TPSA) is 111 Å². The number of rotatable bonds is 11. The molecule has 1 aliphatic carbocycles. The van der Waals surface area contributed by atoms with Crippen molar-refractivity contribution in [2.45, 2.75) is 78.4 Å². The van der Waals surface area contributed by atoms with Crippen molar-refractivity contribution in [3.05, 3.63) is 41.5 Å². The first kappa shape index (κ1) is 29.1. The number of nitrogens with one attached hydrogen (secondary N) is 3. The molecule has 0 bridgehead atoms. The van der Waals surface area contributed by atoms with Crippen LogP contribution in [0.5, 0.6) is 0 Å². The van der Waals surface area contributed by atoms with Crippen LogP contribution < -0.4 is 26.6 Å². The summed E-state index contributed by atoms with van der Waals surface area (Å²) in [5.74, 6) is 1.94. The molecule has 1 aromatic heterocycles. The molecule has 0 radical (unpaired) electrons. The number of hydrogen-bond acceptors (Lipinski definition) is 8. The van der Waals surface area contributed by atoms with E-state index in [-0.39, 0.29) is 11.3 Å². The van der Waals surface area contributed by atoms with Gasteiger partial charge in [0.05, 0.1) is 0 Å². The second-order valence-electron chi connectivity index (χ2n) is 12.0. The zero-order valence-electron chi connectivity index (χ0n) is 24.1. The summed E-state index contributed by atoms with van der Waals surface area (Å²) in [7, 11) is 0. The zero-order valence-corrected chi connectivity index (χ0v) is 24.1. The SMILES string of the molecule is CC(C)(C)C(=O)N1CCN(c2cc(N)nc(NCc3ccc(CNCCCNC4CCCCC4)cc3)n2)CC1. The Morgan fingerprint density at radius 3 is 2.28 bits per heavy atom. The predicted molar refractivity (Wildman–Crippen MR) is 160 cm³/mol. The van der Waals surface area contributed by atoms with Crippen LogP contribution >= 0.6 is 0 Å². The smallest absolute Gasteiger partial charge is 0.228 e. The number of carbonyl (C=O) groups is 1. The van der Waals surface area contributed by atoms with Crippen LogP contribution in [0.1, 0.15) is 70.4 Å². The van der Waals surface area contributed by atoms with E-state index in [2.05, 4.69) is 50.1 Å². The molecule has 1 saturated carbocycles. The third-order valence-electron chi connectivity index (χ3n) is 7.64.